The molecule has 2 rings (SSSR count). The summed E-state index contributed by atoms with van der Waals surface area (Å²) in [5.74, 6) is 0. The minimum Gasteiger partial charge on any atom is -0.352 e. The summed E-state index contributed by atoms with van der Waals surface area (Å²) in [5, 5.41) is 2.23. The molecule has 0 saturated carbocycles. The zero-order chi connectivity index (χ0) is 12.7. The number of carbonyl (C=O) groups excluding carboxylic acids is 2. The lowest BCUT2D eigenvalue weighted by atomic mass is 10.1. The molecule has 4 N–H and O–H groups in total. The second-order valence-corrected chi connectivity index (χ2v) is 3.14. The lowest BCUT2D eigenvalue weighted by Crippen LogP contribution is -2.18. The van der Waals surface area contributed by atoms with Gasteiger partial charge in [0.1, 0.15) is 0 Å². The van der Waals surface area contributed by atoms with Gasteiger partial charge in [0.25, 0.3) is 0 Å². The minimum absolute atomic E-state index is 0.647. The predicted octanol–water partition coefficient (Wildman–Crippen LogP) is 1.83. The van der Waals surface area contributed by atoms with Gasteiger partial charge in [0.15, 0.2) is 0 Å². The Hall–Kier alpha value is -2.65. The van der Waals surface area contributed by atoms with Gasteiger partial charge >= 0.3 is 6.03 Å². The van der Waals surface area contributed by atoms with Gasteiger partial charge in [-0.25, -0.2) is 9.59 Å². The van der Waals surface area contributed by atoms with Gasteiger partial charge in [0, 0.05) is 0 Å². The van der Waals surface area contributed by atoms with E-state index < -0.39 is 6.03 Å². The van der Waals surface area contributed by atoms with Gasteiger partial charge in [0.05, 0.1) is 5.69 Å². The molecule has 5 heteroatoms. The fraction of sp³-hybridized carbons (Fsp3) is 0. The molecule has 0 spiro atoms. The van der Waals surface area contributed by atoms with Gasteiger partial charge < -0.3 is 11.5 Å². The highest BCUT2D eigenvalue weighted by atomic mass is 16.2. The van der Waals surface area contributed by atoms with Crippen molar-refractivity contribution in [1.82, 2.24) is 0 Å². The molecule has 0 aromatic heterocycles. The van der Waals surface area contributed by atoms with Crippen LogP contribution < -0.4 is 11.5 Å². The van der Waals surface area contributed by atoms with Crippen molar-refractivity contribution in [3.05, 3.63) is 42.5 Å². The maximum Gasteiger partial charge on any atom is 0.309 e. The molecule has 0 unspecified atom stereocenters. The first-order chi connectivity index (χ1) is 8.13. The first kappa shape index (κ1) is 12.4. The molecule has 0 saturated heterocycles. The van der Waals surface area contributed by atoms with Gasteiger partial charge in [-0.2, -0.15) is 4.99 Å². The van der Waals surface area contributed by atoms with Gasteiger partial charge in [-0.3, -0.25) is 0 Å². The summed E-state index contributed by atoms with van der Waals surface area (Å²) in [4.78, 5) is 22.6. The molecule has 0 bridgehead atoms. The van der Waals surface area contributed by atoms with E-state index in [0.29, 0.717) is 5.69 Å². The standard InChI is InChI=1S/C11H7NO.CH4N2O/c13-8-12-11-6-5-9-3-1-2-4-10(9)7-11;2-1(3)4/h1-7H;(H4,2,3,4). The van der Waals surface area contributed by atoms with Crippen molar-refractivity contribution in [3.63, 3.8) is 0 Å². The molecule has 0 radical (unpaired) electrons. The number of isocyanates is 1. The van der Waals surface area contributed by atoms with Crippen LogP contribution in [0.3, 0.4) is 0 Å². The van der Waals surface area contributed by atoms with E-state index in [1.165, 1.54) is 6.08 Å². The average Bonchev–Trinajstić information content (AvgIpc) is 2.29. The third-order valence-electron chi connectivity index (χ3n) is 1.91. The van der Waals surface area contributed by atoms with Crippen molar-refractivity contribution in [1.29, 1.82) is 0 Å². The number of hydrogen-bond acceptors (Lipinski definition) is 3. The average molecular weight is 229 g/mol. The van der Waals surface area contributed by atoms with Crippen molar-refractivity contribution in [2.75, 3.05) is 0 Å². The van der Waals surface area contributed by atoms with E-state index in [-0.39, 0.29) is 0 Å². The largest absolute Gasteiger partial charge is 0.352 e. The fourth-order valence-corrected chi connectivity index (χ4v) is 1.30. The van der Waals surface area contributed by atoms with Crippen LogP contribution in [0.2, 0.25) is 0 Å². The molecule has 0 atom stereocenters. The van der Waals surface area contributed by atoms with Crippen molar-refractivity contribution in [2.45, 2.75) is 0 Å². The number of hydrogen-bond donors (Lipinski definition) is 2. The summed E-state index contributed by atoms with van der Waals surface area (Å²) in [5.41, 5.74) is 9.15. The van der Waals surface area contributed by atoms with E-state index in [1.807, 2.05) is 36.4 Å². The van der Waals surface area contributed by atoms with Crippen LogP contribution in [0.1, 0.15) is 0 Å². The SMILES string of the molecule is NC(N)=O.O=C=Nc1ccc2ccccc2c1. The first-order valence-corrected chi connectivity index (χ1v) is 4.75. The number of primary amides is 2. The zero-order valence-electron chi connectivity index (χ0n) is 8.96. The molecule has 5 nitrogen and oxygen atoms in total. The number of aliphatic imine (C=N–C) groups is 1. The number of amides is 2. The van der Waals surface area contributed by atoms with E-state index in [4.69, 9.17) is 4.79 Å². The summed E-state index contributed by atoms with van der Waals surface area (Å²) in [7, 11) is 0. The normalized spacial score (nSPS) is 8.71. The van der Waals surface area contributed by atoms with E-state index in [0.717, 1.165) is 10.8 Å². The Morgan fingerprint density at radius 1 is 1.06 bits per heavy atom. The third kappa shape index (κ3) is 4.15. The van der Waals surface area contributed by atoms with Gasteiger partial charge in [0.2, 0.25) is 6.08 Å². The van der Waals surface area contributed by atoms with Crippen LogP contribution in [0, 0.1) is 0 Å². The number of nitrogens with zero attached hydrogens (tertiary/aromatic N) is 1. The highest BCUT2D eigenvalue weighted by Crippen LogP contribution is 2.20. The molecule has 2 amide bonds. The summed E-state index contributed by atoms with van der Waals surface area (Å²) in [6.45, 7) is 0. The Balaban J connectivity index is 0.000000317. The van der Waals surface area contributed by atoms with Crippen LogP contribution in [0.25, 0.3) is 10.8 Å². The molecule has 0 aliphatic rings. The predicted molar refractivity (Wildman–Crippen MR) is 65.5 cm³/mol. The Morgan fingerprint density at radius 3 is 2.24 bits per heavy atom. The summed E-state index contributed by atoms with van der Waals surface area (Å²) < 4.78 is 0. The lowest BCUT2D eigenvalue weighted by Gasteiger charge is -1.96. The summed E-state index contributed by atoms with van der Waals surface area (Å²) in [6, 6.07) is 12.7. The quantitative estimate of drug-likeness (QED) is 0.576. The molecule has 17 heavy (non-hydrogen) atoms. The van der Waals surface area contributed by atoms with Gasteiger partial charge in [-0.1, -0.05) is 30.3 Å². The van der Waals surface area contributed by atoms with Crippen LogP contribution in [0.5, 0.6) is 0 Å². The molecular formula is C12H11N3O2. The highest BCUT2D eigenvalue weighted by molar-refractivity contribution is 5.85. The Bertz CT molecular complexity index is 571. The Labute approximate surface area is 97.7 Å². The molecule has 86 valence electrons. The molecular weight excluding hydrogens is 218 g/mol. The van der Waals surface area contributed by atoms with Crippen LogP contribution in [0.15, 0.2) is 47.5 Å². The second-order valence-electron chi connectivity index (χ2n) is 3.14. The monoisotopic (exact) mass is 229 g/mol. The lowest BCUT2D eigenvalue weighted by molar-refractivity contribution is 0.256. The molecule has 0 heterocycles. The summed E-state index contributed by atoms with van der Waals surface area (Å²) in [6.07, 6.45) is 1.52. The Kier molecular flexibility index (Phi) is 4.42. The van der Waals surface area contributed by atoms with Crippen molar-refractivity contribution < 1.29 is 9.59 Å². The van der Waals surface area contributed by atoms with E-state index >= 15 is 0 Å². The number of rotatable bonds is 1. The fourth-order valence-electron chi connectivity index (χ4n) is 1.30. The maximum atomic E-state index is 10.0. The molecule has 2 aromatic rings. The third-order valence-corrected chi connectivity index (χ3v) is 1.91. The minimum atomic E-state index is -0.833. The molecule has 0 aliphatic carbocycles. The van der Waals surface area contributed by atoms with Crippen molar-refractivity contribution in [3.8, 4) is 0 Å². The highest BCUT2D eigenvalue weighted by Gasteiger charge is 1.92. The Morgan fingerprint density at radius 2 is 1.65 bits per heavy atom. The topological polar surface area (TPSA) is 98.5 Å². The molecule has 0 fully saturated rings. The van der Waals surface area contributed by atoms with Gasteiger partial charge in [-0.05, 0) is 22.9 Å². The van der Waals surface area contributed by atoms with Crippen LogP contribution in [0.4, 0.5) is 10.5 Å². The molecule has 0 aliphatic heterocycles. The first-order valence-electron chi connectivity index (χ1n) is 4.75. The number of nitrogens with two attached hydrogens (primary N) is 2. The molecule has 2 aromatic carbocycles. The van der Waals surface area contributed by atoms with Crippen molar-refractivity contribution >= 4 is 28.6 Å². The van der Waals surface area contributed by atoms with Gasteiger partial charge in [-0.15, -0.1) is 0 Å². The number of carbonyl (C=O) groups is 1. The van der Waals surface area contributed by atoms with E-state index in [9.17, 15) is 4.79 Å². The van der Waals surface area contributed by atoms with E-state index in [2.05, 4.69) is 16.5 Å². The summed E-state index contributed by atoms with van der Waals surface area (Å²) >= 11 is 0. The van der Waals surface area contributed by atoms with Crippen molar-refractivity contribution in [2.24, 2.45) is 16.5 Å². The maximum absolute atomic E-state index is 10.0. The number of benzene rings is 2. The number of fused-ring (bicyclic) bond motifs is 1. The van der Waals surface area contributed by atoms with Crippen LogP contribution in [-0.2, 0) is 4.79 Å². The number of urea groups is 1. The smallest absolute Gasteiger partial charge is 0.309 e. The van der Waals surface area contributed by atoms with Crippen LogP contribution in [-0.4, -0.2) is 12.1 Å². The zero-order valence-corrected chi connectivity index (χ0v) is 8.96. The van der Waals surface area contributed by atoms with Crippen LogP contribution >= 0.6 is 0 Å². The van der Waals surface area contributed by atoms with E-state index in [1.54, 1.807) is 6.07 Å². The second kappa shape index (κ2) is 6.05.